The first-order valence-electron chi connectivity index (χ1n) is 7.77. The summed E-state index contributed by atoms with van der Waals surface area (Å²) >= 11 is 1.31. The molecule has 3 aromatic rings. The van der Waals surface area contributed by atoms with E-state index in [-0.39, 0.29) is 10.8 Å². The number of nitrogens with one attached hydrogen (secondary N) is 2. The maximum Gasteiger partial charge on any atom is 0.261 e. The SMILES string of the molecule is Cc1ccc(S(=O)(=O)Nc2cccc(C(=O)Nc3nccs3)c2C)cc1. The molecule has 0 saturated carbocycles. The van der Waals surface area contributed by atoms with Crippen molar-refractivity contribution in [1.82, 2.24) is 4.98 Å². The number of hydrogen-bond donors (Lipinski definition) is 2. The fourth-order valence-corrected chi connectivity index (χ4v) is 4.01. The van der Waals surface area contributed by atoms with Crippen molar-refractivity contribution >= 4 is 38.1 Å². The molecule has 0 aliphatic rings. The summed E-state index contributed by atoms with van der Waals surface area (Å²) in [6.07, 6.45) is 1.60. The summed E-state index contributed by atoms with van der Waals surface area (Å²) < 4.78 is 27.7. The second-order valence-corrected chi connectivity index (χ2v) is 8.27. The zero-order valence-electron chi connectivity index (χ0n) is 14.2. The smallest absolute Gasteiger partial charge is 0.261 e. The third-order valence-electron chi connectivity index (χ3n) is 3.81. The number of amides is 1. The third kappa shape index (κ3) is 3.92. The second-order valence-electron chi connectivity index (χ2n) is 5.69. The number of benzene rings is 2. The Morgan fingerprint density at radius 1 is 1.08 bits per heavy atom. The molecule has 2 N–H and O–H groups in total. The van der Waals surface area contributed by atoms with E-state index in [0.717, 1.165) is 5.56 Å². The zero-order chi connectivity index (χ0) is 18.7. The topological polar surface area (TPSA) is 88.2 Å². The van der Waals surface area contributed by atoms with Crippen molar-refractivity contribution in [3.63, 3.8) is 0 Å². The lowest BCUT2D eigenvalue weighted by Gasteiger charge is -2.13. The number of nitrogens with zero attached hydrogens (tertiary/aromatic N) is 1. The van der Waals surface area contributed by atoms with Gasteiger partial charge in [-0.15, -0.1) is 11.3 Å². The summed E-state index contributed by atoms with van der Waals surface area (Å²) in [6.45, 7) is 3.59. The molecular weight excluding hydrogens is 370 g/mol. The van der Waals surface area contributed by atoms with Crippen LogP contribution in [0.1, 0.15) is 21.5 Å². The van der Waals surface area contributed by atoms with Gasteiger partial charge in [-0.05, 0) is 43.7 Å². The normalized spacial score (nSPS) is 11.2. The Labute approximate surface area is 156 Å². The van der Waals surface area contributed by atoms with Gasteiger partial charge in [0.2, 0.25) is 0 Å². The molecule has 0 aliphatic heterocycles. The minimum atomic E-state index is -3.74. The van der Waals surface area contributed by atoms with E-state index in [1.165, 1.54) is 11.3 Å². The van der Waals surface area contributed by atoms with Crippen LogP contribution in [-0.2, 0) is 10.0 Å². The van der Waals surface area contributed by atoms with Crippen molar-refractivity contribution in [2.24, 2.45) is 0 Å². The molecule has 0 radical (unpaired) electrons. The molecule has 0 saturated heterocycles. The van der Waals surface area contributed by atoms with Crippen LogP contribution in [0.25, 0.3) is 0 Å². The molecule has 134 valence electrons. The Kier molecular flexibility index (Phi) is 5.06. The van der Waals surface area contributed by atoms with Crippen LogP contribution in [0.5, 0.6) is 0 Å². The lowest BCUT2D eigenvalue weighted by molar-refractivity contribution is 0.102. The van der Waals surface area contributed by atoms with Crippen molar-refractivity contribution < 1.29 is 13.2 Å². The van der Waals surface area contributed by atoms with Crippen LogP contribution >= 0.6 is 11.3 Å². The first kappa shape index (κ1) is 18.1. The number of carbonyl (C=O) groups excluding carboxylic acids is 1. The van der Waals surface area contributed by atoms with E-state index >= 15 is 0 Å². The molecule has 3 rings (SSSR count). The number of aromatic nitrogens is 1. The van der Waals surface area contributed by atoms with Crippen LogP contribution in [0.15, 0.2) is 58.9 Å². The Balaban J connectivity index is 1.87. The Morgan fingerprint density at radius 3 is 2.46 bits per heavy atom. The molecule has 0 fully saturated rings. The molecule has 1 amide bonds. The number of thiazole rings is 1. The van der Waals surface area contributed by atoms with Gasteiger partial charge in [0.1, 0.15) is 0 Å². The van der Waals surface area contributed by atoms with E-state index < -0.39 is 10.0 Å². The van der Waals surface area contributed by atoms with Gasteiger partial charge in [0.15, 0.2) is 5.13 Å². The first-order chi connectivity index (χ1) is 12.4. The van der Waals surface area contributed by atoms with Gasteiger partial charge in [-0.3, -0.25) is 14.8 Å². The van der Waals surface area contributed by atoms with Crippen LogP contribution in [-0.4, -0.2) is 19.3 Å². The van der Waals surface area contributed by atoms with Crippen molar-refractivity contribution in [2.45, 2.75) is 18.7 Å². The molecule has 0 bridgehead atoms. The van der Waals surface area contributed by atoms with Gasteiger partial charge in [0.05, 0.1) is 10.6 Å². The third-order valence-corrected chi connectivity index (χ3v) is 5.88. The highest BCUT2D eigenvalue weighted by molar-refractivity contribution is 7.92. The average Bonchev–Trinajstić information content (AvgIpc) is 3.10. The minimum Gasteiger partial charge on any atom is -0.298 e. The van der Waals surface area contributed by atoms with Crippen LogP contribution in [0.4, 0.5) is 10.8 Å². The van der Waals surface area contributed by atoms with Crippen LogP contribution in [0.3, 0.4) is 0 Å². The number of aryl methyl sites for hydroxylation is 1. The zero-order valence-corrected chi connectivity index (χ0v) is 15.8. The minimum absolute atomic E-state index is 0.167. The maximum absolute atomic E-state index is 12.6. The lowest BCUT2D eigenvalue weighted by atomic mass is 10.1. The van der Waals surface area contributed by atoms with Crippen molar-refractivity contribution in [2.75, 3.05) is 10.0 Å². The molecule has 0 spiro atoms. The summed E-state index contributed by atoms with van der Waals surface area (Å²) in [6, 6.07) is 11.5. The molecule has 1 heterocycles. The van der Waals surface area contributed by atoms with Crippen molar-refractivity contribution in [3.05, 3.63) is 70.7 Å². The highest BCUT2D eigenvalue weighted by Crippen LogP contribution is 2.24. The van der Waals surface area contributed by atoms with Crippen LogP contribution in [0, 0.1) is 13.8 Å². The number of hydrogen-bond acceptors (Lipinski definition) is 5. The summed E-state index contributed by atoms with van der Waals surface area (Å²) in [5, 5.41) is 4.94. The molecule has 0 atom stereocenters. The van der Waals surface area contributed by atoms with Gasteiger partial charge in [0, 0.05) is 17.1 Å². The summed E-state index contributed by atoms with van der Waals surface area (Å²) in [4.78, 5) is 16.6. The quantitative estimate of drug-likeness (QED) is 0.697. The predicted octanol–water partition coefficient (Wildman–Crippen LogP) is 3.81. The molecule has 2 aromatic carbocycles. The van der Waals surface area contributed by atoms with Crippen LogP contribution in [0.2, 0.25) is 0 Å². The molecule has 0 aliphatic carbocycles. The highest BCUT2D eigenvalue weighted by Gasteiger charge is 2.18. The van der Waals surface area contributed by atoms with Gasteiger partial charge < -0.3 is 0 Å². The van der Waals surface area contributed by atoms with Crippen molar-refractivity contribution in [3.8, 4) is 0 Å². The highest BCUT2D eigenvalue weighted by atomic mass is 32.2. The molecule has 0 unspecified atom stereocenters. The van der Waals surface area contributed by atoms with E-state index in [9.17, 15) is 13.2 Å². The fourth-order valence-electron chi connectivity index (χ4n) is 2.36. The molecular formula is C18H17N3O3S2. The van der Waals surface area contributed by atoms with Gasteiger partial charge in [-0.25, -0.2) is 13.4 Å². The van der Waals surface area contributed by atoms with E-state index in [4.69, 9.17) is 0 Å². The Hall–Kier alpha value is -2.71. The van der Waals surface area contributed by atoms with E-state index in [1.807, 2.05) is 6.92 Å². The van der Waals surface area contributed by atoms with Gasteiger partial charge in [-0.2, -0.15) is 0 Å². The fraction of sp³-hybridized carbons (Fsp3) is 0.111. The van der Waals surface area contributed by atoms with Crippen molar-refractivity contribution in [1.29, 1.82) is 0 Å². The van der Waals surface area contributed by atoms with Crippen LogP contribution < -0.4 is 10.0 Å². The number of anilines is 2. The predicted molar refractivity (Wildman–Crippen MR) is 103 cm³/mol. The standard InChI is InChI=1S/C18H17N3O3S2/c1-12-6-8-14(9-7-12)26(23,24)21-16-5-3-4-15(13(16)2)17(22)20-18-19-10-11-25-18/h3-11,21H,1-2H3,(H,19,20,22). The lowest BCUT2D eigenvalue weighted by Crippen LogP contribution is -2.17. The molecule has 1 aromatic heterocycles. The average molecular weight is 387 g/mol. The van der Waals surface area contributed by atoms with E-state index in [1.54, 1.807) is 61.0 Å². The maximum atomic E-state index is 12.6. The summed E-state index contributed by atoms with van der Waals surface area (Å²) in [5.41, 5.74) is 2.25. The second kappa shape index (κ2) is 7.27. The number of sulfonamides is 1. The summed E-state index contributed by atoms with van der Waals surface area (Å²) in [5.74, 6) is -0.339. The Morgan fingerprint density at radius 2 is 1.81 bits per heavy atom. The largest absolute Gasteiger partial charge is 0.298 e. The van der Waals surface area contributed by atoms with Gasteiger partial charge in [-0.1, -0.05) is 23.8 Å². The first-order valence-corrected chi connectivity index (χ1v) is 10.1. The summed E-state index contributed by atoms with van der Waals surface area (Å²) in [7, 11) is -3.74. The monoisotopic (exact) mass is 387 g/mol. The van der Waals surface area contributed by atoms with E-state index in [0.29, 0.717) is 21.9 Å². The number of rotatable bonds is 5. The molecule has 6 nitrogen and oxygen atoms in total. The molecule has 8 heteroatoms. The van der Waals surface area contributed by atoms with Gasteiger partial charge >= 0.3 is 0 Å². The Bertz CT molecular complexity index is 1030. The van der Waals surface area contributed by atoms with E-state index in [2.05, 4.69) is 15.0 Å². The number of carbonyl (C=O) groups is 1. The van der Waals surface area contributed by atoms with Gasteiger partial charge in [0.25, 0.3) is 15.9 Å². The molecule has 26 heavy (non-hydrogen) atoms.